The van der Waals surface area contributed by atoms with E-state index in [-0.39, 0.29) is 23.5 Å². The second-order valence-electron chi connectivity index (χ2n) is 5.21. The fourth-order valence-corrected chi connectivity index (χ4v) is 4.61. The van der Waals surface area contributed by atoms with Crippen molar-refractivity contribution in [1.29, 1.82) is 0 Å². The van der Waals surface area contributed by atoms with Crippen LogP contribution in [-0.2, 0) is 9.84 Å². The quantitative estimate of drug-likeness (QED) is 0.618. The molecule has 1 aromatic heterocycles. The molecule has 0 amide bonds. The third-order valence-corrected chi connectivity index (χ3v) is 5.61. The van der Waals surface area contributed by atoms with Crippen molar-refractivity contribution in [2.24, 2.45) is 11.8 Å². The van der Waals surface area contributed by atoms with Gasteiger partial charge in [-0.2, -0.15) is 0 Å². The molecule has 1 saturated heterocycles. The third-order valence-electron chi connectivity index (χ3n) is 3.81. The Morgan fingerprint density at radius 2 is 2.10 bits per heavy atom. The summed E-state index contributed by atoms with van der Waals surface area (Å²) >= 11 is 0. The van der Waals surface area contributed by atoms with Gasteiger partial charge in [0, 0.05) is 0 Å². The zero-order valence-electron chi connectivity index (χ0n) is 11.4. The van der Waals surface area contributed by atoms with Gasteiger partial charge in [-0.3, -0.25) is 11.3 Å². The van der Waals surface area contributed by atoms with E-state index in [0.717, 1.165) is 11.4 Å². The first-order valence-corrected chi connectivity index (χ1v) is 8.55. The molecule has 1 fully saturated rings. The first kappa shape index (κ1) is 14.2. The van der Waals surface area contributed by atoms with Crippen molar-refractivity contribution < 1.29 is 8.42 Å². The smallest absolute Gasteiger partial charge is 0.150 e. The molecule has 3 N–H and O–H groups in total. The highest BCUT2D eigenvalue weighted by molar-refractivity contribution is 7.91. The van der Waals surface area contributed by atoms with Crippen molar-refractivity contribution >= 4 is 9.84 Å². The number of nitrogens with one attached hydrogen (secondary N) is 1. The molecule has 112 valence electrons. The molecule has 0 radical (unpaired) electrons. The summed E-state index contributed by atoms with van der Waals surface area (Å²) < 4.78 is 25.0. The molecular weight excluding hydrogens is 290 g/mol. The van der Waals surface area contributed by atoms with Crippen molar-refractivity contribution in [1.82, 2.24) is 20.4 Å². The number of aromatic nitrogens is 3. The van der Waals surface area contributed by atoms with Gasteiger partial charge in [0.05, 0.1) is 35.1 Å². The largest absolute Gasteiger partial charge is 0.271 e. The summed E-state index contributed by atoms with van der Waals surface area (Å²) in [4.78, 5) is 0. The van der Waals surface area contributed by atoms with E-state index in [1.165, 1.54) is 0 Å². The maximum Gasteiger partial charge on any atom is 0.150 e. The second kappa shape index (κ2) is 5.55. The SMILES string of the molecule is NNC(c1cnnn1-c1ccccc1)C1CCS(=O)(=O)C1. The number of sulfone groups is 1. The predicted molar refractivity (Wildman–Crippen MR) is 78.2 cm³/mol. The van der Waals surface area contributed by atoms with Gasteiger partial charge >= 0.3 is 0 Å². The minimum atomic E-state index is -2.96. The molecule has 0 saturated carbocycles. The van der Waals surface area contributed by atoms with Crippen LogP contribution in [0.15, 0.2) is 36.5 Å². The molecule has 1 aliphatic rings. The molecule has 21 heavy (non-hydrogen) atoms. The number of hydrogen-bond acceptors (Lipinski definition) is 6. The van der Waals surface area contributed by atoms with Gasteiger partial charge in [-0.05, 0) is 24.5 Å². The van der Waals surface area contributed by atoms with Gasteiger partial charge in [0.25, 0.3) is 0 Å². The van der Waals surface area contributed by atoms with Crippen LogP contribution in [0.5, 0.6) is 0 Å². The Kier molecular flexibility index (Phi) is 3.75. The Morgan fingerprint density at radius 1 is 1.33 bits per heavy atom. The molecule has 2 aromatic rings. The number of rotatable bonds is 4. The summed E-state index contributed by atoms with van der Waals surface area (Å²) in [6, 6.07) is 9.27. The van der Waals surface area contributed by atoms with Crippen LogP contribution in [0.1, 0.15) is 18.2 Å². The molecule has 8 heteroatoms. The molecule has 2 atom stereocenters. The fraction of sp³-hybridized carbons (Fsp3) is 0.385. The fourth-order valence-electron chi connectivity index (χ4n) is 2.77. The van der Waals surface area contributed by atoms with Gasteiger partial charge in [0.1, 0.15) is 0 Å². The maximum atomic E-state index is 11.7. The number of benzene rings is 1. The maximum absolute atomic E-state index is 11.7. The van der Waals surface area contributed by atoms with Crippen LogP contribution < -0.4 is 11.3 Å². The monoisotopic (exact) mass is 307 g/mol. The minimum absolute atomic E-state index is 0.0686. The van der Waals surface area contributed by atoms with Crippen LogP contribution in [0.3, 0.4) is 0 Å². The molecule has 0 bridgehead atoms. The molecule has 1 aromatic carbocycles. The van der Waals surface area contributed by atoms with Crippen LogP contribution in [0.25, 0.3) is 5.69 Å². The van der Waals surface area contributed by atoms with Crippen molar-refractivity contribution in [3.05, 3.63) is 42.2 Å². The van der Waals surface area contributed by atoms with Gasteiger partial charge in [-0.25, -0.2) is 13.1 Å². The molecule has 2 heterocycles. The first-order chi connectivity index (χ1) is 10.1. The lowest BCUT2D eigenvalue weighted by atomic mass is 9.97. The normalized spacial score (nSPS) is 22.2. The van der Waals surface area contributed by atoms with Crippen molar-refractivity contribution in [2.75, 3.05) is 11.5 Å². The topological polar surface area (TPSA) is 103 Å². The standard InChI is InChI=1S/C13H17N5O2S/c14-16-13(10-6-7-21(19,20)9-10)12-8-15-17-18(12)11-4-2-1-3-5-11/h1-5,8,10,13,16H,6-7,9,14H2. The van der Waals surface area contributed by atoms with Gasteiger partial charge < -0.3 is 0 Å². The lowest BCUT2D eigenvalue weighted by Crippen LogP contribution is -2.35. The van der Waals surface area contributed by atoms with E-state index in [9.17, 15) is 8.42 Å². The van der Waals surface area contributed by atoms with E-state index in [1.54, 1.807) is 10.9 Å². The highest BCUT2D eigenvalue weighted by Crippen LogP contribution is 2.31. The first-order valence-electron chi connectivity index (χ1n) is 6.73. The summed E-state index contributed by atoms with van der Waals surface area (Å²) in [5.41, 5.74) is 4.37. The zero-order chi connectivity index (χ0) is 14.9. The Labute approximate surface area is 123 Å². The molecule has 1 aliphatic heterocycles. The summed E-state index contributed by atoms with van der Waals surface area (Å²) in [5, 5.41) is 8.03. The number of para-hydroxylation sites is 1. The summed E-state index contributed by atoms with van der Waals surface area (Å²) in [5.74, 6) is 5.95. The van der Waals surface area contributed by atoms with Crippen LogP contribution >= 0.6 is 0 Å². The average Bonchev–Trinajstić information content (AvgIpc) is 3.08. The summed E-state index contributed by atoms with van der Waals surface area (Å²) in [6.45, 7) is 0. The van der Waals surface area contributed by atoms with E-state index < -0.39 is 9.84 Å². The third kappa shape index (κ3) is 2.82. The zero-order valence-corrected chi connectivity index (χ0v) is 12.2. The van der Waals surface area contributed by atoms with Gasteiger partial charge in [0.2, 0.25) is 0 Å². The van der Waals surface area contributed by atoms with Crippen molar-refractivity contribution in [2.45, 2.75) is 12.5 Å². The average molecular weight is 307 g/mol. The van der Waals surface area contributed by atoms with E-state index in [1.807, 2.05) is 30.3 Å². The predicted octanol–water partition coefficient (Wildman–Crippen LogP) is 0.206. The molecule has 2 unspecified atom stereocenters. The lowest BCUT2D eigenvalue weighted by molar-refractivity contribution is 0.384. The number of nitrogens with two attached hydrogens (primary N) is 1. The Bertz CT molecular complexity index is 713. The minimum Gasteiger partial charge on any atom is -0.271 e. The van der Waals surface area contributed by atoms with E-state index in [4.69, 9.17) is 5.84 Å². The number of hydrogen-bond donors (Lipinski definition) is 2. The van der Waals surface area contributed by atoms with Gasteiger partial charge in [0.15, 0.2) is 9.84 Å². The van der Waals surface area contributed by atoms with Gasteiger partial charge in [-0.1, -0.05) is 23.4 Å². The van der Waals surface area contributed by atoms with E-state index in [0.29, 0.717) is 6.42 Å². The highest BCUT2D eigenvalue weighted by Gasteiger charge is 2.35. The van der Waals surface area contributed by atoms with E-state index >= 15 is 0 Å². The van der Waals surface area contributed by atoms with Gasteiger partial charge in [-0.15, -0.1) is 5.10 Å². The molecule has 0 aliphatic carbocycles. The van der Waals surface area contributed by atoms with Crippen LogP contribution in [0, 0.1) is 5.92 Å². The summed E-state index contributed by atoms with van der Waals surface area (Å²) in [7, 11) is -2.96. The number of nitrogens with zero attached hydrogens (tertiary/aromatic N) is 3. The number of hydrazine groups is 1. The summed E-state index contributed by atoms with van der Waals surface area (Å²) in [6.07, 6.45) is 2.22. The molecule has 3 rings (SSSR count). The second-order valence-corrected chi connectivity index (χ2v) is 7.44. The molecule has 7 nitrogen and oxygen atoms in total. The molecule has 0 spiro atoms. The lowest BCUT2D eigenvalue weighted by Gasteiger charge is -2.22. The van der Waals surface area contributed by atoms with E-state index in [2.05, 4.69) is 15.7 Å². The van der Waals surface area contributed by atoms with Crippen molar-refractivity contribution in [3.63, 3.8) is 0 Å². The van der Waals surface area contributed by atoms with Crippen LogP contribution in [0.4, 0.5) is 0 Å². The highest BCUT2D eigenvalue weighted by atomic mass is 32.2. The molecular formula is C13H17N5O2S. The van der Waals surface area contributed by atoms with Crippen LogP contribution in [0.2, 0.25) is 0 Å². The Hall–Kier alpha value is -1.77. The Morgan fingerprint density at radius 3 is 2.71 bits per heavy atom. The van der Waals surface area contributed by atoms with Crippen molar-refractivity contribution in [3.8, 4) is 5.69 Å². The van der Waals surface area contributed by atoms with Crippen LogP contribution in [-0.4, -0.2) is 34.9 Å². The Balaban J connectivity index is 1.94.